The van der Waals surface area contributed by atoms with Crippen LogP contribution in [0.2, 0.25) is 0 Å². The Kier molecular flexibility index (Phi) is 22.7. The fourth-order valence-corrected chi connectivity index (χ4v) is 5.09. The summed E-state index contributed by atoms with van der Waals surface area (Å²) >= 11 is 0. The third kappa shape index (κ3) is 22.2. The van der Waals surface area contributed by atoms with E-state index in [1.807, 2.05) is 13.0 Å². The first-order chi connectivity index (χ1) is 25.2. The predicted molar refractivity (Wildman–Crippen MR) is 196 cm³/mol. The summed E-state index contributed by atoms with van der Waals surface area (Å²) in [5.41, 5.74) is 13.2. The second kappa shape index (κ2) is 26.4. The van der Waals surface area contributed by atoms with Crippen LogP contribution in [0.15, 0.2) is 23.2 Å². The van der Waals surface area contributed by atoms with Gasteiger partial charge in [-0.2, -0.15) is 0 Å². The van der Waals surface area contributed by atoms with Crippen molar-refractivity contribution in [2.75, 3.05) is 19.6 Å². The van der Waals surface area contributed by atoms with Gasteiger partial charge in [-0.3, -0.25) is 19.2 Å². The van der Waals surface area contributed by atoms with Gasteiger partial charge in [0, 0.05) is 44.5 Å². The van der Waals surface area contributed by atoms with Crippen LogP contribution in [-0.2, 0) is 30.5 Å². The average Bonchev–Trinajstić information content (AvgIpc) is 3.09. The maximum Gasteiger partial charge on any atom is 0.326 e. The number of rotatable bonds is 28. The number of urea groups is 1. The Bertz CT molecular complexity index is 1400. The van der Waals surface area contributed by atoms with Crippen LogP contribution in [0.5, 0.6) is 0 Å². The van der Waals surface area contributed by atoms with Crippen molar-refractivity contribution in [2.24, 2.45) is 16.5 Å². The molecule has 0 aliphatic carbocycles. The summed E-state index contributed by atoms with van der Waals surface area (Å²) in [6, 6.07) is 1.58. The number of nitrogens with two attached hydrogens (primary N) is 2. The van der Waals surface area contributed by atoms with E-state index in [-0.39, 0.29) is 36.5 Å². The molecule has 18 heteroatoms. The van der Waals surface area contributed by atoms with Gasteiger partial charge < -0.3 is 53.4 Å². The molecule has 12 N–H and O–H groups in total. The van der Waals surface area contributed by atoms with E-state index in [0.29, 0.717) is 70.3 Å². The molecule has 0 aliphatic heterocycles. The van der Waals surface area contributed by atoms with Gasteiger partial charge in [0.15, 0.2) is 5.96 Å². The van der Waals surface area contributed by atoms with Crippen LogP contribution in [-0.4, -0.2) is 94.7 Å². The van der Waals surface area contributed by atoms with Crippen molar-refractivity contribution in [3.8, 4) is 0 Å². The predicted octanol–water partition coefficient (Wildman–Crippen LogP) is 1.48. The normalized spacial score (nSPS) is 11.7. The number of unbranched alkanes of at least 4 members (excludes halogenated alkanes) is 6. The van der Waals surface area contributed by atoms with Gasteiger partial charge in [-0.15, -0.1) is 0 Å². The number of aliphatic carboxylic acids is 3. The third-order valence-corrected chi connectivity index (χ3v) is 8.15. The molecular formula is C35H56N8O10. The molecule has 0 aliphatic rings. The number of carbonyl (C=O) groups excluding carboxylic acids is 4. The average molecular weight is 749 g/mol. The molecule has 18 nitrogen and oxygen atoms in total. The highest BCUT2D eigenvalue weighted by Gasteiger charge is 2.24. The van der Waals surface area contributed by atoms with Crippen LogP contribution >= 0.6 is 0 Å². The number of amides is 5. The number of guanidine groups is 1. The van der Waals surface area contributed by atoms with Gasteiger partial charge in [0.05, 0.1) is 6.54 Å². The number of nitrogens with zero attached hydrogens (tertiary/aromatic N) is 1. The van der Waals surface area contributed by atoms with Crippen molar-refractivity contribution in [3.63, 3.8) is 0 Å². The number of carboxylic acid groups (broad SMARTS) is 3. The van der Waals surface area contributed by atoms with E-state index in [1.165, 1.54) is 0 Å². The monoisotopic (exact) mass is 748 g/mol. The van der Waals surface area contributed by atoms with Crippen LogP contribution in [0.1, 0.15) is 111 Å². The molecule has 2 atom stereocenters. The van der Waals surface area contributed by atoms with Crippen LogP contribution in [0, 0.1) is 6.92 Å². The summed E-state index contributed by atoms with van der Waals surface area (Å²) in [5, 5.41) is 40.1. The minimum atomic E-state index is -1.48. The summed E-state index contributed by atoms with van der Waals surface area (Å²) < 4.78 is 0. The molecule has 1 aromatic carbocycles. The minimum absolute atomic E-state index is 0.0138. The molecule has 0 fully saturated rings. The van der Waals surface area contributed by atoms with E-state index < -0.39 is 42.4 Å². The van der Waals surface area contributed by atoms with E-state index in [9.17, 15) is 38.7 Å². The topological polar surface area (TPSA) is 305 Å². The fourth-order valence-electron chi connectivity index (χ4n) is 5.09. The van der Waals surface area contributed by atoms with Crippen molar-refractivity contribution >= 4 is 47.6 Å². The number of aryl methyl sites for hydroxylation is 1. The van der Waals surface area contributed by atoms with Gasteiger partial charge in [-0.1, -0.05) is 18.9 Å². The summed E-state index contributed by atoms with van der Waals surface area (Å²) in [5.74, 6) is -4.28. The van der Waals surface area contributed by atoms with Gasteiger partial charge in [-0.05, 0) is 88.0 Å². The molecule has 0 radical (unpaired) electrons. The molecule has 0 saturated carbocycles. The Hall–Kier alpha value is -5.42. The molecule has 0 aromatic heterocycles. The lowest BCUT2D eigenvalue weighted by Crippen LogP contribution is -2.51. The van der Waals surface area contributed by atoms with E-state index >= 15 is 0 Å². The first kappa shape index (κ1) is 45.6. The molecule has 1 aromatic rings. The smallest absolute Gasteiger partial charge is 0.326 e. The Morgan fingerprint density at radius 3 is 1.68 bits per heavy atom. The molecule has 1 rings (SSSR count). The van der Waals surface area contributed by atoms with Gasteiger partial charge in [0.25, 0.3) is 5.91 Å². The first-order valence-electron chi connectivity index (χ1n) is 17.9. The van der Waals surface area contributed by atoms with Crippen molar-refractivity contribution in [1.29, 1.82) is 0 Å². The Balaban J connectivity index is 2.07. The highest BCUT2D eigenvalue weighted by atomic mass is 16.4. The molecule has 0 bridgehead atoms. The lowest BCUT2D eigenvalue weighted by molar-refractivity contribution is -0.141. The molecule has 2 unspecified atom stereocenters. The van der Waals surface area contributed by atoms with Gasteiger partial charge in [-0.25, -0.2) is 19.4 Å². The maximum absolute atomic E-state index is 12.4. The standard InChI is InChI=1S/C35H56N8O10/c1-23-21-24(14-15-25(23)22-41-34(36)37)31(48)40-20-9-4-8-18-38-28(44)12-5-2-3-6-13-29(45)39-19-10-7-11-26(32(49)50)42-35(53)43-27(33(51)52)16-17-30(46)47/h14-15,21,26-27H,2-13,16-20,22H2,1H3,(H,38,44)(H,39,45)(H,40,48)(H,46,47)(H,49,50)(H,51,52)(H4,36,37,41)(H2,42,43,53). The minimum Gasteiger partial charge on any atom is -0.481 e. The van der Waals surface area contributed by atoms with Crippen molar-refractivity contribution in [3.05, 3.63) is 34.9 Å². The Morgan fingerprint density at radius 1 is 0.660 bits per heavy atom. The number of carbonyl (C=O) groups is 7. The van der Waals surface area contributed by atoms with E-state index in [4.69, 9.17) is 21.7 Å². The lowest BCUT2D eigenvalue weighted by Gasteiger charge is -2.18. The first-order valence-corrected chi connectivity index (χ1v) is 17.9. The van der Waals surface area contributed by atoms with Gasteiger partial charge in [0.1, 0.15) is 12.1 Å². The number of hydrogen-bond donors (Lipinski definition) is 10. The molecule has 0 heterocycles. The largest absolute Gasteiger partial charge is 0.481 e. The van der Waals surface area contributed by atoms with Gasteiger partial charge in [0.2, 0.25) is 11.8 Å². The van der Waals surface area contributed by atoms with E-state index in [2.05, 4.69) is 31.6 Å². The Morgan fingerprint density at radius 2 is 1.17 bits per heavy atom. The van der Waals surface area contributed by atoms with E-state index in [0.717, 1.165) is 43.2 Å². The summed E-state index contributed by atoms with van der Waals surface area (Å²) in [6.45, 7) is 3.68. The Labute approximate surface area is 309 Å². The van der Waals surface area contributed by atoms with Crippen LogP contribution < -0.4 is 38.1 Å². The highest BCUT2D eigenvalue weighted by Crippen LogP contribution is 2.13. The summed E-state index contributed by atoms with van der Waals surface area (Å²) in [7, 11) is 0. The zero-order valence-electron chi connectivity index (χ0n) is 30.4. The van der Waals surface area contributed by atoms with Crippen molar-refractivity contribution < 1.29 is 48.9 Å². The third-order valence-electron chi connectivity index (χ3n) is 8.15. The fraction of sp³-hybridized carbons (Fsp3) is 0.600. The van der Waals surface area contributed by atoms with Crippen LogP contribution in [0.25, 0.3) is 0 Å². The van der Waals surface area contributed by atoms with Crippen LogP contribution in [0.3, 0.4) is 0 Å². The van der Waals surface area contributed by atoms with Crippen molar-refractivity contribution in [1.82, 2.24) is 26.6 Å². The number of carboxylic acids is 3. The number of hydrogen-bond acceptors (Lipinski definition) is 8. The van der Waals surface area contributed by atoms with Gasteiger partial charge >= 0.3 is 23.9 Å². The maximum atomic E-state index is 12.4. The molecular weight excluding hydrogens is 692 g/mol. The van der Waals surface area contributed by atoms with Crippen molar-refractivity contribution in [2.45, 2.75) is 115 Å². The number of benzene rings is 1. The second-order valence-electron chi connectivity index (χ2n) is 12.6. The summed E-state index contributed by atoms with van der Waals surface area (Å²) in [4.78, 5) is 86.1. The zero-order valence-corrected chi connectivity index (χ0v) is 30.4. The molecule has 5 amide bonds. The van der Waals surface area contributed by atoms with E-state index in [1.54, 1.807) is 12.1 Å². The summed E-state index contributed by atoms with van der Waals surface area (Å²) in [6.07, 6.45) is 6.17. The lowest BCUT2D eigenvalue weighted by atomic mass is 10.0. The molecule has 0 saturated heterocycles. The van der Waals surface area contributed by atoms with Crippen LogP contribution in [0.4, 0.5) is 4.79 Å². The number of aliphatic imine (C=N–C) groups is 1. The molecule has 0 spiro atoms. The molecule has 296 valence electrons. The quantitative estimate of drug-likeness (QED) is 0.0331. The highest BCUT2D eigenvalue weighted by molar-refractivity contribution is 5.94. The number of nitrogens with one attached hydrogen (secondary N) is 5. The second-order valence-corrected chi connectivity index (χ2v) is 12.6. The SMILES string of the molecule is Cc1cc(C(=O)NCCCCCNC(=O)CCCCCCC(=O)NCCCCC(NC(=O)NC(CCC(=O)O)C(=O)O)C(=O)O)ccc1CN=C(N)N. The molecule has 53 heavy (non-hydrogen) atoms. The zero-order chi connectivity index (χ0) is 39.6.